The Morgan fingerprint density at radius 3 is 2.71 bits per heavy atom. The molecule has 1 saturated carbocycles. The van der Waals surface area contributed by atoms with E-state index >= 15 is 0 Å². The van der Waals surface area contributed by atoms with E-state index in [1.165, 1.54) is 12.8 Å². The zero-order valence-electron chi connectivity index (χ0n) is 9.03. The van der Waals surface area contributed by atoms with Crippen LogP contribution >= 0.6 is 0 Å². The number of hydrogen-bond acceptors (Lipinski definition) is 3. The molecule has 0 spiro atoms. The van der Waals surface area contributed by atoms with E-state index in [4.69, 9.17) is 10.9 Å². The van der Waals surface area contributed by atoms with Gasteiger partial charge < -0.3 is 16.3 Å². The number of amidine groups is 1. The van der Waals surface area contributed by atoms with Gasteiger partial charge >= 0.3 is 0 Å². The van der Waals surface area contributed by atoms with Crippen molar-refractivity contribution < 1.29 is 5.21 Å². The predicted octanol–water partition coefficient (Wildman–Crippen LogP) is 1.15. The van der Waals surface area contributed by atoms with Gasteiger partial charge in [-0.3, -0.25) is 0 Å². The second-order valence-electron chi connectivity index (χ2n) is 4.32. The van der Waals surface area contributed by atoms with Crippen LogP contribution < -0.4 is 11.1 Å². The molecule has 1 aliphatic carbocycles. The molecule has 82 valence electrons. The third-order valence-corrected chi connectivity index (χ3v) is 3.38. The minimum Gasteiger partial charge on any atom is -0.409 e. The Kier molecular flexibility index (Phi) is 4.20. The van der Waals surface area contributed by atoms with Crippen molar-refractivity contribution in [3.63, 3.8) is 0 Å². The molecule has 4 nitrogen and oxygen atoms in total. The summed E-state index contributed by atoms with van der Waals surface area (Å²) in [7, 11) is 0. The molecular formula is C10H21N3O. The maximum atomic E-state index is 8.36. The van der Waals surface area contributed by atoms with Crippen LogP contribution in [0.2, 0.25) is 0 Å². The minimum absolute atomic E-state index is 0.302. The van der Waals surface area contributed by atoms with E-state index in [9.17, 15) is 0 Å². The van der Waals surface area contributed by atoms with Crippen molar-refractivity contribution in [3.05, 3.63) is 0 Å². The smallest absolute Gasteiger partial charge is 0.140 e. The topological polar surface area (TPSA) is 70.6 Å². The van der Waals surface area contributed by atoms with E-state index in [1.54, 1.807) is 0 Å². The summed E-state index contributed by atoms with van der Waals surface area (Å²) in [6, 6.07) is 0.608. The normalized spacial score (nSPS) is 33.6. The first-order valence-electron chi connectivity index (χ1n) is 5.35. The van der Waals surface area contributed by atoms with Gasteiger partial charge in [0.05, 0.1) is 0 Å². The largest absolute Gasteiger partial charge is 0.409 e. The minimum atomic E-state index is 0.302. The number of nitrogens with zero attached hydrogens (tertiary/aromatic N) is 1. The van der Waals surface area contributed by atoms with Gasteiger partial charge in [0.1, 0.15) is 5.84 Å². The van der Waals surface area contributed by atoms with Crippen molar-refractivity contribution in [2.24, 2.45) is 22.7 Å². The highest BCUT2D eigenvalue weighted by Gasteiger charge is 2.28. The summed E-state index contributed by atoms with van der Waals surface area (Å²) in [5.74, 6) is 1.86. The fourth-order valence-electron chi connectivity index (χ4n) is 2.09. The molecular weight excluding hydrogens is 178 g/mol. The lowest BCUT2D eigenvalue weighted by Crippen LogP contribution is -2.34. The standard InChI is InChI=1S/C10H21N3O/c1-7-3-4-9(8(7)2)12-6-5-10(11)13-14/h7-9,12,14H,3-6H2,1-2H3,(H2,11,13). The number of oxime groups is 1. The van der Waals surface area contributed by atoms with Gasteiger partial charge in [-0.15, -0.1) is 0 Å². The highest BCUT2D eigenvalue weighted by molar-refractivity contribution is 5.79. The van der Waals surface area contributed by atoms with Crippen LogP contribution in [-0.4, -0.2) is 23.6 Å². The molecule has 1 rings (SSSR count). The van der Waals surface area contributed by atoms with Crippen LogP contribution in [0.25, 0.3) is 0 Å². The molecule has 0 aromatic rings. The summed E-state index contributed by atoms with van der Waals surface area (Å²) in [5, 5.41) is 14.8. The van der Waals surface area contributed by atoms with E-state index in [1.807, 2.05) is 0 Å². The monoisotopic (exact) mass is 199 g/mol. The SMILES string of the molecule is CC1CCC(NCCC(N)=NO)C1C. The zero-order valence-corrected chi connectivity index (χ0v) is 9.03. The summed E-state index contributed by atoms with van der Waals surface area (Å²) in [5.41, 5.74) is 5.38. The van der Waals surface area contributed by atoms with Crippen LogP contribution in [0.3, 0.4) is 0 Å². The Hall–Kier alpha value is -0.770. The molecule has 0 amide bonds. The van der Waals surface area contributed by atoms with Crippen molar-refractivity contribution in [1.82, 2.24) is 5.32 Å². The molecule has 0 saturated heterocycles. The van der Waals surface area contributed by atoms with Gasteiger partial charge in [0.15, 0.2) is 0 Å². The average molecular weight is 199 g/mol. The fourth-order valence-corrected chi connectivity index (χ4v) is 2.09. The first-order valence-corrected chi connectivity index (χ1v) is 5.35. The Balaban J connectivity index is 2.19. The zero-order chi connectivity index (χ0) is 10.6. The summed E-state index contributed by atoms with van der Waals surface area (Å²) in [4.78, 5) is 0. The third-order valence-electron chi connectivity index (χ3n) is 3.38. The molecule has 0 aromatic carbocycles. The van der Waals surface area contributed by atoms with Gasteiger partial charge in [0.2, 0.25) is 0 Å². The van der Waals surface area contributed by atoms with Crippen LogP contribution in [0, 0.1) is 11.8 Å². The molecule has 4 heteroatoms. The molecule has 1 fully saturated rings. The van der Waals surface area contributed by atoms with E-state index in [0.717, 1.165) is 18.4 Å². The van der Waals surface area contributed by atoms with Gasteiger partial charge in [-0.2, -0.15) is 0 Å². The van der Waals surface area contributed by atoms with Crippen LogP contribution in [-0.2, 0) is 0 Å². The summed E-state index contributed by atoms with van der Waals surface area (Å²) in [6.45, 7) is 5.40. The summed E-state index contributed by atoms with van der Waals surface area (Å²) >= 11 is 0. The number of hydrogen-bond donors (Lipinski definition) is 3. The fraction of sp³-hybridized carbons (Fsp3) is 0.900. The highest BCUT2D eigenvalue weighted by Crippen LogP contribution is 2.30. The maximum Gasteiger partial charge on any atom is 0.140 e. The van der Waals surface area contributed by atoms with Gasteiger partial charge in [-0.05, 0) is 24.7 Å². The molecule has 3 unspecified atom stereocenters. The van der Waals surface area contributed by atoms with Crippen molar-refractivity contribution >= 4 is 5.84 Å². The molecule has 0 aliphatic heterocycles. The lowest BCUT2D eigenvalue weighted by molar-refractivity contribution is 0.316. The van der Waals surface area contributed by atoms with E-state index in [-0.39, 0.29) is 0 Å². The molecule has 0 aromatic heterocycles. The predicted molar refractivity (Wildman–Crippen MR) is 57.4 cm³/mol. The average Bonchev–Trinajstić information content (AvgIpc) is 2.49. The lowest BCUT2D eigenvalue weighted by atomic mass is 9.98. The molecule has 1 aliphatic rings. The molecule has 4 N–H and O–H groups in total. The summed E-state index contributed by atoms with van der Waals surface area (Å²) < 4.78 is 0. The Morgan fingerprint density at radius 2 is 2.21 bits per heavy atom. The number of nitrogens with two attached hydrogens (primary N) is 1. The molecule has 0 radical (unpaired) electrons. The Bertz CT molecular complexity index is 206. The van der Waals surface area contributed by atoms with Gasteiger partial charge in [0, 0.05) is 19.0 Å². The van der Waals surface area contributed by atoms with Crippen LogP contribution in [0.4, 0.5) is 0 Å². The van der Waals surface area contributed by atoms with Crippen LogP contribution in [0.1, 0.15) is 33.1 Å². The Labute approximate surface area is 85.6 Å². The quantitative estimate of drug-likeness (QED) is 0.275. The van der Waals surface area contributed by atoms with E-state index < -0.39 is 0 Å². The summed E-state index contributed by atoms with van der Waals surface area (Å²) in [6.07, 6.45) is 3.18. The second-order valence-corrected chi connectivity index (χ2v) is 4.32. The van der Waals surface area contributed by atoms with Crippen molar-refractivity contribution in [1.29, 1.82) is 0 Å². The van der Waals surface area contributed by atoms with Gasteiger partial charge in [0.25, 0.3) is 0 Å². The second kappa shape index (κ2) is 5.20. The van der Waals surface area contributed by atoms with E-state index in [2.05, 4.69) is 24.3 Å². The van der Waals surface area contributed by atoms with E-state index in [0.29, 0.717) is 18.3 Å². The molecule has 0 bridgehead atoms. The van der Waals surface area contributed by atoms with Gasteiger partial charge in [-0.25, -0.2) is 0 Å². The van der Waals surface area contributed by atoms with Gasteiger partial charge in [-0.1, -0.05) is 19.0 Å². The van der Waals surface area contributed by atoms with Crippen LogP contribution in [0.5, 0.6) is 0 Å². The first kappa shape index (κ1) is 11.3. The van der Waals surface area contributed by atoms with Crippen molar-refractivity contribution in [2.45, 2.75) is 39.2 Å². The molecule has 14 heavy (non-hydrogen) atoms. The number of rotatable bonds is 4. The highest BCUT2D eigenvalue weighted by atomic mass is 16.4. The molecule has 3 atom stereocenters. The van der Waals surface area contributed by atoms with Crippen molar-refractivity contribution in [3.8, 4) is 0 Å². The van der Waals surface area contributed by atoms with Crippen LogP contribution in [0.15, 0.2) is 5.16 Å². The Morgan fingerprint density at radius 1 is 1.50 bits per heavy atom. The molecule has 0 heterocycles. The lowest BCUT2D eigenvalue weighted by Gasteiger charge is -2.19. The maximum absolute atomic E-state index is 8.36. The van der Waals surface area contributed by atoms with Crippen molar-refractivity contribution in [2.75, 3.05) is 6.54 Å². The number of nitrogens with one attached hydrogen (secondary N) is 1. The third kappa shape index (κ3) is 2.87. The first-order chi connectivity index (χ1) is 6.65.